The highest BCUT2D eigenvalue weighted by atomic mass is 31.2. The Kier molecular flexibility index (Phi) is 4.73. The van der Waals surface area contributed by atoms with Gasteiger partial charge in [0.25, 0.3) is 0 Å². The Morgan fingerprint density at radius 3 is 2.26 bits per heavy atom. The van der Waals surface area contributed by atoms with Crippen molar-refractivity contribution in [1.29, 1.82) is 0 Å². The second kappa shape index (κ2) is 8.32. The first-order chi connectivity index (χ1) is 19.2. The average Bonchev–Trinajstić information content (AvgIpc) is 3.41. The van der Waals surface area contributed by atoms with Gasteiger partial charge in [0.1, 0.15) is 11.2 Å². The number of fused-ring (bicyclic) bond motifs is 9. The normalized spacial score (nSPS) is 13.4. The van der Waals surface area contributed by atoms with Gasteiger partial charge in [-0.15, -0.1) is 0 Å². The summed E-state index contributed by atoms with van der Waals surface area (Å²) >= 11 is 0. The molecular formula is C33H21N4OP. The molecule has 0 fully saturated rings. The quantitative estimate of drug-likeness (QED) is 0.201. The van der Waals surface area contributed by atoms with Crippen LogP contribution in [0.15, 0.2) is 128 Å². The van der Waals surface area contributed by atoms with Gasteiger partial charge in [0.05, 0.1) is 16.6 Å². The minimum atomic E-state index is -3.36. The van der Waals surface area contributed by atoms with Crippen molar-refractivity contribution in [3.05, 3.63) is 128 Å². The zero-order valence-electron chi connectivity index (χ0n) is 20.8. The summed E-state index contributed by atoms with van der Waals surface area (Å²) < 4.78 is 17.8. The molecule has 0 bridgehead atoms. The van der Waals surface area contributed by atoms with Crippen molar-refractivity contribution in [2.24, 2.45) is 0 Å². The SMILES string of the molecule is O=P(c1ccncc1)(c1ccc2cccnc2c1)c1cccc2c1nc1c3ccccc3c3ccccc3n21. The highest BCUT2D eigenvalue weighted by Crippen LogP contribution is 2.45. The van der Waals surface area contributed by atoms with Crippen LogP contribution in [0.1, 0.15) is 0 Å². The maximum atomic E-state index is 15.6. The smallest absolute Gasteiger partial charge is 0.173 e. The fourth-order valence-electron chi connectivity index (χ4n) is 5.80. The summed E-state index contributed by atoms with van der Waals surface area (Å²) in [5.41, 5.74) is 4.40. The Morgan fingerprint density at radius 1 is 0.615 bits per heavy atom. The average molecular weight is 521 g/mol. The lowest BCUT2D eigenvalue weighted by atomic mass is 10.1. The van der Waals surface area contributed by atoms with E-state index in [1.165, 1.54) is 0 Å². The number of hydrogen-bond acceptors (Lipinski definition) is 4. The number of rotatable bonds is 3. The third-order valence-corrected chi connectivity index (χ3v) is 10.7. The van der Waals surface area contributed by atoms with Crippen LogP contribution in [0.5, 0.6) is 0 Å². The lowest BCUT2D eigenvalue weighted by molar-refractivity contribution is 0.592. The van der Waals surface area contributed by atoms with Gasteiger partial charge in [0, 0.05) is 50.7 Å². The zero-order chi connectivity index (χ0) is 26.0. The summed E-state index contributed by atoms with van der Waals surface area (Å²) in [5, 5.41) is 6.52. The number of benzene rings is 4. The van der Waals surface area contributed by atoms with Crippen LogP contribution in [0.25, 0.3) is 49.3 Å². The van der Waals surface area contributed by atoms with Crippen LogP contribution in [-0.2, 0) is 4.57 Å². The molecule has 0 aliphatic rings. The van der Waals surface area contributed by atoms with Crippen molar-refractivity contribution in [2.45, 2.75) is 0 Å². The predicted octanol–water partition coefficient (Wildman–Crippen LogP) is 6.38. The summed E-state index contributed by atoms with van der Waals surface area (Å²) in [6.45, 7) is 0. The maximum Gasteiger partial charge on any atom is 0.173 e. The molecule has 4 heterocycles. The molecule has 6 heteroatoms. The highest BCUT2D eigenvalue weighted by Gasteiger charge is 2.33. The van der Waals surface area contributed by atoms with Gasteiger partial charge < -0.3 is 4.57 Å². The van der Waals surface area contributed by atoms with E-state index < -0.39 is 7.14 Å². The van der Waals surface area contributed by atoms with Crippen LogP contribution < -0.4 is 15.9 Å². The Bertz CT molecular complexity index is 2270. The topological polar surface area (TPSA) is 60.2 Å². The van der Waals surface area contributed by atoms with E-state index >= 15 is 4.57 Å². The van der Waals surface area contributed by atoms with Crippen molar-refractivity contribution >= 4 is 72.3 Å². The van der Waals surface area contributed by atoms with Gasteiger partial charge in [-0.3, -0.25) is 14.4 Å². The predicted molar refractivity (Wildman–Crippen MR) is 160 cm³/mol. The van der Waals surface area contributed by atoms with Crippen LogP contribution in [0.2, 0.25) is 0 Å². The Hall–Kier alpha value is -4.86. The van der Waals surface area contributed by atoms with Gasteiger partial charge in [0.2, 0.25) is 0 Å². The maximum absolute atomic E-state index is 15.6. The highest BCUT2D eigenvalue weighted by molar-refractivity contribution is 7.85. The number of hydrogen-bond donors (Lipinski definition) is 0. The van der Waals surface area contributed by atoms with Crippen molar-refractivity contribution in [3.63, 3.8) is 0 Å². The molecule has 1 unspecified atom stereocenters. The fraction of sp³-hybridized carbons (Fsp3) is 0. The van der Waals surface area contributed by atoms with Crippen LogP contribution in [-0.4, -0.2) is 19.4 Å². The third-order valence-electron chi connectivity index (χ3n) is 7.59. The number of para-hydroxylation sites is 2. The van der Waals surface area contributed by atoms with Gasteiger partial charge in [-0.2, -0.15) is 0 Å². The van der Waals surface area contributed by atoms with Crippen LogP contribution in [0.4, 0.5) is 0 Å². The fourth-order valence-corrected chi connectivity index (χ4v) is 8.56. The lowest BCUT2D eigenvalue weighted by Crippen LogP contribution is -2.26. The van der Waals surface area contributed by atoms with Crippen LogP contribution in [0, 0.1) is 0 Å². The van der Waals surface area contributed by atoms with E-state index in [4.69, 9.17) is 4.98 Å². The molecule has 8 aromatic rings. The van der Waals surface area contributed by atoms with Gasteiger partial charge in [-0.1, -0.05) is 66.7 Å². The Morgan fingerprint density at radius 2 is 1.38 bits per heavy atom. The largest absolute Gasteiger partial charge is 0.309 e. The number of aromatic nitrogens is 4. The summed E-state index contributed by atoms with van der Waals surface area (Å²) in [6.07, 6.45) is 5.17. The van der Waals surface area contributed by atoms with E-state index in [1.807, 2.05) is 60.7 Å². The molecule has 184 valence electrons. The van der Waals surface area contributed by atoms with E-state index in [9.17, 15) is 0 Å². The second-order valence-corrected chi connectivity index (χ2v) is 12.4. The van der Waals surface area contributed by atoms with Crippen molar-refractivity contribution in [1.82, 2.24) is 19.4 Å². The zero-order valence-corrected chi connectivity index (χ0v) is 21.7. The molecule has 0 N–H and O–H groups in total. The first-order valence-corrected chi connectivity index (χ1v) is 14.5. The minimum Gasteiger partial charge on any atom is -0.309 e. The Balaban J connectivity index is 1.53. The molecule has 4 aromatic heterocycles. The van der Waals surface area contributed by atoms with E-state index in [2.05, 4.69) is 62.9 Å². The monoisotopic (exact) mass is 520 g/mol. The summed E-state index contributed by atoms with van der Waals surface area (Å²) in [6, 6.07) is 36.3. The molecule has 0 aliphatic carbocycles. The van der Waals surface area contributed by atoms with Crippen molar-refractivity contribution < 1.29 is 4.57 Å². The van der Waals surface area contributed by atoms with E-state index in [-0.39, 0.29) is 0 Å². The summed E-state index contributed by atoms with van der Waals surface area (Å²) in [7, 11) is -3.36. The molecule has 5 nitrogen and oxygen atoms in total. The molecule has 0 radical (unpaired) electrons. The van der Waals surface area contributed by atoms with Crippen LogP contribution >= 0.6 is 7.14 Å². The molecule has 0 saturated carbocycles. The molecule has 0 aliphatic heterocycles. The number of imidazole rings is 1. The van der Waals surface area contributed by atoms with E-state index in [0.717, 1.165) is 54.6 Å². The van der Waals surface area contributed by atoms with E-state index in [1.54, 1.807) is 18.6 Å². The van der Waals surface area contributed by atoms with E-state index in [0.29, 0.717) is 10.6 Å². The molecule has 4 aromatic carbocycles. The molecule has 0 spiro atoms. The Labute approximate surface area is 223 Å². The van der Waals surface area contributed by atoms with Gasteiger partial charge in [0.15, 0.2) is 7.14 Å². The molecule has 8 rings (SSSR count). The molecule has 0 saturated heterocycles. The van der Waals surface area contributed by atoms with Gasteiger partial charge in [-0.05, 0) is 47.9 Å². The molecular weight excluding hydrogens is 499 g/mol. The molecule has 1 atom stereocenters. The van der Waals surface area contributed by atoms with Crippen molar-refractivity contribution in [3.8, 4) is 0 Å². The first kappa shape index (κ1) is 22.2. The van der Waals surface area contributed by atoms with Crippen molar-refractivity contribution in [2.75, 3.05) is 0 Å². The number of nitrogens with zero attached hydrogens (tertiary/aromatic N) is 4. The summed E-state index contributed by atoms with van der Waals surface area (Å²) in [4.78, 5) is 14.0. The molecule has 0 amide bonds. The third kappa shape index (κ3) is 3.14. The second-order valence-electron chi connectivity index (χ2n) is 9.67. The van der Waals surface area contributed by atoms with Gasteiger partial charge >= 0.3 is 0 Å². The van der Waals surface area contributed by atoms with Crippen LogP contribution in [0.3, 0.4) is 0 Å². The van der Waals surface area contributed by atoms with Gasteiger partial charge in [-0.25, -0.2) is 4.98 Å². The molecule has 39 heavy (non-hydrogen) atoms. The first-order valence-electron chi connectivity index (χ1n) is 12.8. The lowest BCUT2D eigenvalue weighted by Gasteiger charge is -2.20. The number of pyridine rings is 3. The summed E-state index contributed by atoms with van der Waals surface area (Å²) in [5.74, 6) is 0. The minimum absolute atomic E-state index is 0.707. The standard InChI is InChI=1S/C33H21N4OP/c38-39(23-16-19-34-20-17-23,24-15-14-22-7-6-18-35-28(22)21-24)31-13-5-12-30-32(31)36-33-27-10-2-1-8-25(27)26-9-3-4-11-29(26)37(30)33/h1-21H.